The van der Waals surface area contributed by atoms with Crippen LogP contribution in [0.3, 0.4) is 0 Å². The summed E-state index contributed by atoms with van der Waals surface area (Å²) in [5.74, 6) is -1.06. The summed E-state index contributed by atoms with van der Waals surface area (Å²) in [6.45, 7) is 5.58. The van der Waals surface area contributed by atoms with E-state index in [0.29, 0.717) is 5.56 Å². The summed E-state index contributed by atoms with van der Waals surface area (Å²) in [4.78, 5) is 11.4. The van der Waals surface area contributed by atoms with Crippen molar-refractivity contribution in [1.82, 2.24) is 0 Å². The molecule has 1 heterocycles. The smallest absolute Gasteiger partial charge is 0.335 e. The van der Waals surface area contributed by atoms with E-state index in [-0.39, 0.29) is 22.6 Å². The van der Waals surface area contributed by atoms with Gasteiger partial charge in [-0.3, -0.25) is 0 Å². The highest BCUT2D eigenvalue weighted by molar-refractivity contribution is 7.90. The SMILES string of the molecule is CC.CCC(F)(P)C1Oc2ccc(S(C)(=O)=O)cc2C=C1C(=O)O. The van der Waals surface area contributed by atoms with Crippen LogP contribution in [0.2, 0.25) is 0 Å². The molecule has 0 fully saturated rings. The molecule has 0 aromatic heterocycles. The maximum absolute atomic E-state index is 14.5. The first kappa shape index (κ1) is 20.6. The molecule has 0 radical (unpaired) electrons. The molecule has 24 heavy (non-hydrogen) atoms. The topological polar surface area (TPSA) is 80.7 Å². The molecule has 0 saturated heterocycles. The van der Waals surface area contributed by atoms with E-state index in [2.05, 4.69) is 0 Å². The molecule has 1 aromatic rings. The van der Waals surface area contributed by atoms with Gasteiger partial charge in [-0.1, -0.05) is 30.0 Å². The van der Waals surface area contributed by atoms with Gasteiger partial charge < -0.3 is 9.84 Å². The van der Waals surface area contributed by atoms with Crippen LogP contribution in [0.15, 0.2) is 28.7 Å². The molecule has 0 amide bonds. The van der Waals surface area contributed by atoms with E-state index in [1.165, 1.54) is 24.3 Å². The Labute approximate surface area is 144 Å². The highest BCUT2D eigenvalue weighted by Gasteiger charge is 2.42. The quantitative estimate of drug-likeness (QED) is 0.816. The molecule has 8 heteroatoms. The molecule has 1 aromatic carbocycles. The van der Waals surface area contributed by atoms with Crippen molar-refractivity contribution in [3.8, 4) is 5.75 Å². The van der Waals surface area contributed by atoms with Gasteiger partial charge in [0.15, 0.2) is 21.4 Å². The van der Waals surface area contributed by atoms with E-state index in [1.54, 1.807) is 6.92 Å². The summed E-state index contributed by atoms with van der Waals surface area (Å²) in [6, 6.07) is 4.07. The second kappa shape index (κ2) is 7.62. The number of halogens is 1. The van der Waals surface area contributed by atoms with Crippen LogP contribution in [0.25, 0.3) is 6.08 Å². The second-order valence-electron chi connectivity index (χ2n) is 5.15. The number of benzene rings is 1. The van der Waals surface area contributed by atoms with Crippen molar-refractivity contribution in [3.63, 3.8) is 0 Å². The summed E-state index contributed by atoms with van der Waals surface area (Å²) >= 11 is 0. The lowest BCUT2D eigenvalue weighted by molar-refractivity contribution is -0.134. The number of fused-ring (bicyclic) bond motifs is 1. The highest BCUT2D eigenvalue weighted by atomic mass is 32.2. The van der Waals surface area contributed by atoms with Crippen LogP contribution in [0, 0.1) is 0 Å². The van der Waals surface area contributed by atoms with Crippen molar-refractivity contribution in [3.05, 3.63) is 29.3 Å². The molecular formula is C16H22FO5PS. The number of alkyl halides is 1. The first-order chi connectivity index (χ1) is 11.1. The molecule has 0 saturated carbocycles. The molecule has 5 nitrogen and oxygen atoms in total. The monoisotopic (exact) mass is 376 g/mol. The van der Waals surface area contributed by atoms with E-state index in [0.717, 1.165) is 6.26 Å². The predicted octanol–water partition coefficient (Wildman–Crippen LogP) is 3.30. The Bertz CT molecular complexity index is 756. The van der Waals surface area contributed by atoms with Gasteiger partial charge in [0, 0.05) is 11.8 Å². The number of ether oxygens (including phenoxy) is 1. The first-order valence-electron chi connectivity index (χ1n) is 7.49. The molecule has 3 unspecified atom stereocenters. The van der Waals surface area contributed by atoms with Gasteiger partial charge in [-0.15, -0.1) is 0 Å². The minimum Gasteiger partial charge on any atom is -0.481 e. The fourth-order valence-corrected chi connectivity index (χ4v) is 3.03. The van der Waals surface area contributed by atoms with E-state index < -0.39 is 27.3 Å². The van der Waals surface area contributed by atoms with Crippen molar-refractivity contribution in [2.45, 2.75) is 43.6 Å². The molecule has 1 aliphatic heterocycles. The normalized spacial score (nSPS) is 18.9. The van der Waals surface area contributed by atoms with Gasteiger partial charge in [0.1, 0.15) is 5.75 Å². The van der Waals surface area contributed by atoms with Gasteiger partial charge in [-0.05, 0) is 30.7 Å². The lowest BCUT2D eigenvalue weighted by Gasteiger charge is -2.33. The Morgan fingerprint density at radius 2 is 2.00 bits per heavy atom. The fourth-order valence-electron chi connectivity index (χ4n) is 2.13. The van der Waals surface area contributed by atoms with Crippen LogP contribution in [0.5, 0.6) is 5.75 Å². The van der Waals surface area contributed by atoms with Gasteiger partial charge in [-0.25, -0.2) is 17.6 Å². The van der Waals surface area contributed by atoms with Gasteiger partial charge in [0.05, 0.1) is 10.5 Å². The molecule has 1 N–H and O–H groups in total. The minimum atomic E-state index is -3.43. The minimum absolute atomic E-state index is 0.0437. The maximum atomic E-state index is 14.5. The number of hydrogen-bond acceptors (Lipinski definition) is 4. The number of rotatable bonds is 4. The number of aliphatic carboxylic acids is 1. The lowest BCUT2D eigenvalue weighted by atomic mass is 9.97. The summed E-state index contributed by atoms with van der Waals surface area (Å²) in [5.41, 5.74) is 0.0472. The highest BCUT2D eigenvalue weighted by Crippen LogP contribution is 2.41. The van der Waals surface area contributed by atoms with Crippen LogP contribution in [0.4, 0.5) is 4.39 Å². The maximum Gasteiger partial charge on any atom is 0.335 e. The van der Waals surface area contributed by atoms with Crippen molar-refractivity contribution < 1.29 is 27.4 Å². The standard InChI is InChI=1S/C14H16FO5PS.C2H6/c1-3-14(15,21)12-10(13(16)17)7-8-6-9(22(2,18)19)4-5-11(8)20-12;1-2/h4-7,12H,3,21H2,1-2H3,(H,16,17);1-2H3. The molecule has 0 spiro atoms. The number of carboxylic acids is 1. The molecular weight excluding hydrogens is 354 g/mol. The summed E-state index contributed by atoms with van der Waals surface area (Å²) in [6.07, 6.45) is 1.07. The molecule has 134 valence electrons. The largest absolute Gasteiger partial charge is 0.481 e. The van der Waals surface area contributed by atoms with Gasteiger partial charge in [-0.2, -0.15) is 0 Å². The zero-order chi connectivity index (χ0) is 18.7. The zero-order valence-corrected chi connectivity index (χ0v) is 16.0. The fraction of sp³-hybridized carbons (Fsp3) is 0.438. The number of sulfone groups is 1. The number of carboxylic acid groups (broad SMARTS) is 1. The molecule has 3 atom stereocenters. The number of hydrogen-bond donors (Lipinski definition) is 1. The van der Waals surface area contributed by atoms with Gasteiger partial charge in [0.25, 0.3) is 0 Å². The van der Waals surface area contributed by atoms with Crippen molar-refractivity contribution in [1.29, 1.82) is 0 Å². The molecule has 0 aliphatic carbocycles. The number of carbonyl (C=O) groups is 1. The third kappa shape index (κ3) is 4.33. The molecule has 2 rings (SSSR count). The van der Waals surface area contributed by atoms with E-state index in [4.69, 9.17) is 4.74 Å². The average molecular weight is 376 g/mol. The van der Waals surface area contributed by atoms with E-state index in [9.17, 15) is 22.7 Å². The Morgan fingerprint density at radius 1 is 1.42 bits per heavy atom. The van der Waals surface area contributed by atoms with Crippen molar-refractivity contribution in [2.75, 3.05) is 6.26 Å². The van der Waals surface area contributed by atoms with Crippen molar-refractivity contribution in [2.24, 2.45) is 0 Å². The van der Waals surface area contributed by atoms with Crippen LogP contribution in [-0.4, -0.2) is 37.3 Å². The third-order valence-electron chi connectivity index (χ3n) is 3.47. The van der Waals surface area contributed by atoms with Gasteiger partial charge in [0.2, 0.25) is 0 Å². The van der Waals surface area contributed by atoms with Crippen LogP contribution in [0.1, 0.15) is 32.8 Å². The van der Waals surface area contributed by atoms with E-state index >= 15 is 0 Å². The van der Waals surface area contributed by atoms with Crippen LogP contribution >= 0.6 is 9.24 Å². The third-order valence-corrected chi connectivity index (χ3v) is 5.29. The molecule has 0 bridgehead atoms. The molecule has 1 aliphatic rings. The van der Waals surface area contributed by atoms with Gasteiger partial charge >= 0.3 is 5.97 Å². The summed E-state index contributed by atoms with van der Waals surface area (Å²) in [5, 5.41) is 7.35. The summed E-state index contributed by atoms with van der Waals surface area (Å²) < 4.78 is 43.1. The first-order valence-corrected chi connectivity index (χ1v) is 9.96. The Hall–Kier alpha value is -1.46. The average Bonchev–Trinajstić information content (AvgIpc) is 2.54. The second-order valence-corrected chi connectivity index (χ2v) is 8.13. The summed E-state index contributed by atoms with van der Waals surface area (Å²) in [7, 11) is -1.45. The Kier molecular flexibility index (Phi) is 6.53. The Morgan fingerprint density at radius 3 is 2.46 bits per heavy atom. The predicted molar refractivity (Wildman–Crippen MR) is 94.8 cm³/mol. The Balaban J connectivity index is 0.00000139. The van der Waals surface area contributed by atoms with Crippen LogP contribution in [-0.2, 0) is 14.6 Å². The zero-order valence-electron chi connectivity index (χ0n) is 14.0. The van der Waals surface area contributed by atoms with E-state index in [1.807, 2.05) is 23.1 Å². The lowest BCUT2D eigenvalue weighted by Crippen LogP contribution is -2.41. The van der Waals surface area contributed by atoms with Crippen LogP contribution < -0.4 is 4.74 Å². The van der Waals surface area contributed by atoms with Crippen molar-refractivity contribution >= 4 is 31.1 Å².